The van der Waals surface area contributed by atoms with Gasteiger partial charge in [-0.15, -0.1) is 11.3 Å². The van der Waals surface area contributed by atoms with Crippen molar-refractivity contribution in [1.29, 1.82) is 0 Å². The number of thiazole rings is 1. The van der Waals surface area contributed by atoms with Crippen LogP contribution in [0.2, 0.25) is 0 Å². The Morgan fingerprint density at radius 2 is 2.30 bits per heavy atom. The molecule has 1 heterocycles. The van der Waals surface area contributed by atoms with Gasteiger partial charge in [0.2, 0.25) is 0 Å². The third-order valence-electron chi connectivity index (χ3n) is 3.04. The zero-order valence-corrected chi connectivity index (χ0v) is 13.1. The second-order valence-electron chi connectivity index (χ2n) is 4.73. The number of ether oxygens (including phenoxy) is 1. The number of nitrogens with one attached hydrogen (secondary N) is 1. The number of hydrogen-bond donors (Lipinski definition) is 1. The first kappa shape index (κ1) is 15.2. The summed E-state index contributed by atoms with van der Waals surface area (Å²) in [6.45, 7) is 2.48. The molecule has 112 valence electrons. The molecule has 1 atom stereocenters. The number of aromatic nitrogens is 1. The fourth-order valence-corrected chi connectivity index (χ4v) is 3.66. The van der Waals surface area contributed by atoms with Gasteiger partial charge in [0.15, 0.2) is 5.13 Å². The van der Waals surface area contributed by atoms with Crippen molar-refractivity contribution < 1.29 is 17.9 Å². The Labute approximate surface area is 122 Å². The summed E-state index contributed by atoms with van der Waals surface area (Å²) >= 11 is 1.49. The Balaban J connectivity index is 1.99. The van der Waals surface area contributed by atoms with Crippen molar-refractivity contribution in [3.63, 3.8) is 0 Å². The van der Waals surface area contributed by atoms with Crippen molar-refractivity contribution in [1.82, 2.24) is 4.98 Å². The van der Waals surface area contributed by atoms with Crippen LogP contribution in [0.5, 0.6) is 0 Å². The molecule has 0 saturated carbocycles. The number of rotatable bonds is 6. The van der Waals surface area contributed by atoms with Crippen LogP contribution >= 0.6 is 11.3 Å². The number of carbonyl (C=O) groups excluding carboxylic acids is 1. The van der Waals surface area contributed by atoms with Crippen molar-refractivity contribution in [2.75, 3.05) is 30.5 Å². The first-order valence-electron chi connectivity index (χ1n) is 6.48. The minimum Gasteiger partial charge on any atom is -0.465 e. The number of nitrogens with zero attached hydrogens (tertiary/aromatic N) is 1. The van der Waals surface area contributed by atoms with Gasteiger partial charge in [0.1, 0.15) is 15.8 Å². The molecule has 0 aliphatic heterocycles. The van der Waals surface area contributed by atoms with E-state index in [1.807, 2.05) is 0 Å². The molecule has 1 aromatic rings. The smallest absolute Gasteiger partial charge is 0.315 e. The molecule has 1 N–H and O–H groups in total. The van der Waals surface area contributed by atoms with E-state index in [9.17, 15) is 13.2 Å². The number of aryl methyl sites for hydroxylation is 1. The van der Waals surface area contributed by atoms with Crippen LogP contribution in [0.3, 0.4) is 0 Å². The average molecular weight is 318 g/mol. The van der Waals surface area contributed by atoms with E-state index in [4.69, 9.17) is 4.74 Å². The van der Waals surface area contributed by atoms with E-state index in [-0.39, 0.29) is 17.6 Å². The number of anilines is 1. The number of carbonyl (C=O) groups is 1. The minimum absolute atomic E-state index is 0.0680. The summed E-state index contributed by atoms with van der Waals surface area (Å²) in [4.78, 5) is 17.3. The molecule has 0 spiro atoms. The molecule has 0 fully saturated rings. The van der Waals surface area contributed by atoms with E-state index in [0.29, 0.717) is 18.3 Å². The van der Waals surface area contributed by atoms with Crippen LogP contribution in [-0.4, -0.2) is 44.5 Å². The SMILES string of the molecule is CCOC(=O)C1CCc2sc(NCCS(C)(=O)=O)nc21. The van der Waals surface area contributed by atoms with Crippen molar-refractivity contribution in [2.45, 2.75) is 25.7 Å². The van der Waals surface area contributed by atoms with Gasteiger partial charge in [0.25, 0.3) is 0 Å². The van der Waals surface area contributed by atoms with Crippen LogP contribution in [0.1, 0.15) is 29.8 Å². The van der Waals surface area contributed by atoms with Gasteiger partial charge in [-0.3, -0.25) is 4.79 Å². The topological polar surface area (TPSA) is 85.4 Å². The molecule has 0 aromatic carbocycles. The maximum Gasteiger partial charge on any atom is 0.315 e. The van der Waals surface area contributed by atoms with Crippen molar-refractivity contribution in [2.24, 2.45) is 0 Å². The van der Waals surface area contributed by atoms with Gasteiger partial charge in [0.05, 0.1) is 18.1 Å². The lowest BCUT2D eigenvalue weighted by atomic mass is 10.1. The molecule has 0 amide bonds. The minimum atomic E-state index is -2.98. The molecule has 6 nitrogen and oxygen atoms in total. The van der Waals surface area contributed by atoms with E-state index in [1.165, 1.54) is 17.6 Å². The Bertz CT molecular complexity index is 595. The van der Waals surface area contributed by atoms with E-state index < -0.39 is 9.84 Å². The largest absolute Gasteiger partial charge is 0.465 e. The maximum absolute atomic E-state index is 11.8. The van der Waals surface area contributed by atoms with Crippen molar-refractivity contribution in [3.8, 4) is 0 Å². The maximum atomic E-state index is 11.8. The van der Waals surface area contributed by atoms with Gasteiger partial charge in [-0.05, 0) is 19.8 Å². The lowest BCUT2D eigenvalue weighted by Crippen LogP contribution is -2.15. The normalized spacial score (nSPS) is 17.8. The number of hydrogen-bond acceptors (Lipinski definition) is 7. The zero-order valence-electron chi connectivity index (χ0n) is 11.5. The summed E-state index contributed by atoms with van der Waals surface area (Å²) in [5, 5.41) is 3.67. The second-order valence-corrected chi connectivity index (χ2v) is 8.07. The highest BCUT2D eigenvalue weighted by molar-refractivity contribution is 7.90. The van der Waals surface area contributed by atoms with Crippen LogP contribution < -0.4 is 5.32 Å². The van der Waals surface area contributed by atoms with Gasteiger partial charge in [-0.1, -0.05) is 0 Å². The van der Waals surface area contributed by atoms with Gasteiger partial charge in [0, 0.05) is 17.7 Å². The molecule has 1 aliphatic rings. The summed E-state index contributed by atoms with van der Waals surface area (Å²) in [6.07, 6.45) is 2.77. The molecule has 0 bridgehead atoms. The van der Waals surface area contributed by atoms with Gasteiger partial charge < -0.3 is 10.1 Å². The van der Waals surface area contributed by atoms with Crippen LogP contribution in [0.4, 0.5) is 5.13 Å². The summed E-state index contributed by atoms with van der Waals surface area (Å²) in [5.41, 5.74) is 0.787. The van der Waals surface area contributed by atoms with E-state index in [1.54, 1.807) is 6.92 Å². The monoisotopic (exact) mass is 318 g/mol. The standard InChI is InChI=1S/C12H18N2O4S2/c1-3-18-11(15)8-4-5-9-10(8)14-12(19-9)13-6-7-20(2,16)17/h8H,3-7H2,1-2H3,(H,13,14). The Hall–Kier alpha value is -1.15. The predicted molar refractivity (Wildman–Crippen MR) is 78.0 cm³/mol. The fraction of sp³-hybridized carbons (Fsp3) is 0.667. The Kier molecular flexibility index (Phi) is 4.64. The Morgan fingerprint density at radius 1 is 1.55 bits per heavy atom. The lowest BCUT2D eigenvalue weighted by Gasteiger charge is -2.08. The van der Waals surface area contributed by atoms with Gasteiger partial charge >= 0.3 is 5.97 Å². The molecular weight excluding hydrogens is 300 g/mol. The third-order valence-corrected chi connectivity index (χ3v) is 5.07. The van der Waals surface area contributed by atoms with Crippen LogP contribution in [0.15, 0.2) is 0 Å². The average Bonchev–Trinajstić information content (AvgIpc) is 2.86. The number of sulfone groups is 1. The first-order valence-corrected chi connectivity index (χ1v) is 9.36. The van der Waals surface area contributed by atoms with Crippen molar-refractivity contribution in [3.05, 3.63) is 10.6 Å². The van der Waals surface area contributed by atoms with E-state index in [0.717, 1.165) is 23.4 Å². The predicted octanol–water partition coefficient (Wildman–Crippen LogP) is 1.19. The quantitative estimate of drug-likeness (QED) is 0.793. The molecular formula is C12H18N2O4S2. The zero-order chi connectivity index (χ0) is 14.8. The van der Waals surface area contributed by atoms with Crippen LogP contribution in [0.25, 0.3) is 0 Å². The van der Waals surface area contributed by atoms with Crippen LogP contribution in [0, 0.1) is 0 Å². The summed E-state index contributed by atoms with van der Waals surface area (Å²) in [5.74, 6) is -0.427. The highest BCUT2D eigenvalue weighted by Crippen LogP contribution is 2.38. The third kappa shape index (κ3) is 3.69. The Morgan fingerprint density at radius 3 is 2.95 bits per heavy atom. The van der Waals surface area contributed by atoms with Gasteiger partial charge in [-0.2, -0.15) is 0 Å². The van der Waals surface area contributed by atoms with Crippen LogP contribution in [-0.2, 0) is 25.8 Å². The summed E-state index contributed by atoms with van der Waals surface area (Å²) in [7, 11) is -2.98. The first-order chi connectivity index (χ1) is 9.40. The van der Waals surface area contributed by atoms with E-state index in [2.05, 4.69) is 10.3 Å². The van der Waals surface area contributed by atoms with E-state index >= 15 is 0 Å². The molecule has 2 rings (SSSR count). The summed E-state index contributed by atoms with van der Waals surface area (Å²) in [6, 6.07) is 0. The molecule has 0 saturated heterocycles. The molecule has 1 aromatic heterocycles. The highest BCUT2D eigenvalue weighted by Gasteiger charge is 2.33. The van der Waals surface area contributed by atoms with Gasteiger partial charge in [-0.25, -0.2) is 13.4 Å². The molecule has 8 heteroatoms. The molecule has 20 heavy (non-hydrogen) atoms. The molecule has 1 unspecified atom stereocenters. The summed E-state index contributed by atoms with van der Waals surface area (Å²) < 4.78 is 27.2. The fourth-order valence-electron chi connectivity index (χ4n) is 2.12. The number of esters is 1. The highest BCUT2D eigenvalue weighted by atomic mass is 32.2. The molecule has 0 radical (unpaired) electrons. The number of fused-ring (bicyclic) bond motifs is 1. The second kappa shape index (κ2) is 6.09. The lowest BCUT2D eigenvalue weighted by molar-refractivity contribution is -0.145. The van der Waals surface area contributed by atoms with Crippen molar-refractivity contribution >= 4 is 32.3 Å². The molecule has 1 aliphatic carbocycles.